The van der Waals surface area contributed by atoms with Gasteiger partial charge in [0.05, 0.1) is 10.0 Å². The van der Waals surface area contributed by atoms with Crippen LogP contribution in [0.25, 0.3) is 0 Å². The molecule has 21 heavy (non-hydrogen) atoms. The van der Waals surface area contributed by atoms with Crippen LogP contribution in [-0.4, -0.2) is 31.3 Å². The number of rotatable bonds is 6. The van der Waals surface area contributed by atoms with E-state index < -0.39 is 0 Å². The lowest BCUT2D eigenvalue weighted by molar-refractivity contribution is 0.0300. The highest BCUT2D eigenvalue weighted by molar-refractivity contribution is 6.37. The smallest absolute Gasteiger partial charge is 0.147 e. The Kier molecular flexibility index (Phi) is 5.97. The van der Waals surface area contributed by atoms with Gasteiger partial charge < -0.3 is 15.4 Å². The fourth-order valence-corrected chi connectivity index (χ4v) is 2.79. The zero-order valence-corrected chi connectivity index (χ0v) is 14.2. The summed E-state index contributed by atoms with van der Waals surface area (Å²) in [5.74, 6) is 1.37. The molecule has 2 heterocycles. The van der Waals surface area contributed by atoms with Crippen molar-refractivity contribution in [3.8, 4) is 0 Å². The number of hydrogen-bond acceptors (Lipinski definition) is 4. The lowest BCUT2D eigenvalue weighted by atomic mass is 9.82. The molecule has 1 aromatic rings. The molecule has 0 aromatic carbocycles. The molecular weight excluding hydrogens is 309 g/mol. The fourth-order valence-electron chi connectivity index (χ4n) is 2.30. The number of pyridine rings is 1. The van der Waals surface area contributed by atoms with Gasteiger partial charge in [-0.1, -0.05) is 37.0 Å². The third kappa shape index (κ3) is 4.63. The van der Waals surface area contributed by atoms with Crippen LogP contribution >= 0.6 is 23.2 Å². The summed E-state index contributed by atoms with van der Waals surface area (Å²) in [6.07, 6.45) is 3.11. The first-order valence-corrected chi connectivity index (χ1v) is 8.21. The molecule has 2 rings (SSSR count). The summed E-state index contributed by atoms with van der Waals surface area (Å²) in [6.45, 7) is 7.68. The average Bonchev–Trinajstić information content (AvgIpc) is 2.46. The molecule has 1 aliphatic heterocycles. The number of anilines is 2. The monoisotopic (exact) mass is 331 g/mol. The Morgan fingerprint density at radius 1 is 1.19 bits per heavy atom. The van der Waals surface area contributed by atoms with Crippen LogP contribution in [0.1, 0.15) is 33.1 Å². The predicted octanol–water partition coefficient (Wildman–Crippen LogP) is 4.44. The van der Waals surface area contributed by atoms with Crippen LogP contribution in [0, 0.1) is 5.41 Å². The lowest BCUT2D eigenvalue weighted by Crippen LogP contribution is -2.33. The summed E-state index contributed by atoms with van der Waals surface area (Å²) in [7, 11) is 0. The number of halogens is 2. The van der Waals surface area contributed by atoms with Crippen molar-refractivity contribution < 1.29 is 4.74 Å². The molecule has 0 radical (unpaired) electrons. The van der Waals surface area contributed by atoms with Crippen molar-refractivity contribution in [2.24, 2.45) is 5.41 Å². The highest BCUT2D eigenvalue weighted by Crippen LogP contribution is 2.33. The molecule has 1 aromatic heterocycles. The first-order valence-electron chi connectivity index (χ1n) is 7.45. The van der Waals surface area contributed by atoms with E-state index in [-0.39, 0.29) is 5.41 Å². The molecule has 0 atom stereocenters. The normalized spacial score (nSPS) is 17.5. The van der Waals surface area contributed by atoms with Gasteiger partial charge in [-0.15, -0.1) is 0 Å². The topological polar surface area (TPSA) is 46.2 Å². The zero-order valence-electron chi connectivity index (χ0n) is 12.6. The second kappa shape index (κ2) is 7.52. The Balaban J connectivity index is 2.04. The van der Waals surface area contributed by atoms with Gasteiger partial charge in [0.2, 0.25) is 0 Å². The summed E-state index contributed by atoms with van der Waals surface area (Å²) in [5, 5.41) is 7.69. The highest BCUT2D eigenvalue weighted by atomic mass is 35.5. The van der Waals surface area contributed by atoms with Gasteiger partial charge in [0.15, 0.2) is 0 Å². The van der Waals surface area contributed by atoms with E-state index in [1.54, 1.807) is 6.07 Å². The molecule has 1 saturated heterocycles. The molecular formula is C15H23Cl2N3O. The Morgan fingerprint density at radius 2 is 1.81 bits per heavy atom. The highest BCUT2D eigenvalue weighted by Gasteiger charge is 2.27. The molecule has 6 heteroatoms. The van der Waals surface area contributed by atoms with Crippen molar-refractivity contribution in [1.82, 2.24) is 4.98 Å². The number of aromatic nitrogens is 1. The first-order chi connectivity index (χ1) is 10.0. The standard InChI is InChI=1S/C15H23Cl2N3O/c1-3-6-18-13-11(16)9-12(17)14(20-13)19-10-15(2)4-7-21-8-5-15/h9H,3-8,10H2,1-2H3,(H2,18,19,20). The van der Waals surface area contributed by atoms with Crippen LogP contribution < -0.4 is 10.6 Å². The largest absolute Gasteiger partial charge is 0.381 e. The first kappa shape index (κ1) is 16.7. The minimum Gasteiger partial charge on any atom is -0.381 e. The van der Waals surface area contributed by atoms with Crippen LogP contribution in [0.4, 0.5) is 11.6 Å². The van der Waals surface area contributed by atoms with E-state index in [0.717, 1.165) is 45.6 Å². The summed E-state index contributed by atoms with van der Waals surface area (Å²) in [6, 6.07) is 1.74. The Morgan fingerprint density at radius 3 is 2.43 bits per heavy atom. The second-order valence-electron chi connectivity index (χ2n) is 5.85. The predicted molar refractivity (Wildman–Crippen MR) is 89.7 cm³/mol. The average molecular weight is 332 g/mol. The quantitative estimate of drug-likeness (QED) is 0.808. The van der Waals surface area contributed by atoms with E-state index in [1.165, 1.54) is 0 Å². The minimum atomic E-state index is 0.222. The van der Waals surface area contributed by atoms with Crippen LogP contribution in [0.5, 0.6) is 0 Å². The van der Waals surface area contributed by atoms with Crippen molar-refractivity contribution in [2.75, 3.05) is 36.9 Å². The second-order valence-corrected chi connectivity index (χ2v) is 6.67. The van der Waals surface area contributed by atoms with Gasteiger partial charge in [0.25, 0.3) is 0 Å². The van der Waals surface area contributed by atoms with Crippen LogP contribution in [0.3, 0.4) is 0 Å². The molecule has 4 nitrogen and oxygen atoms in total. The van der Waals surface area contributed by atoms with Gasteiger partial charge in [-0.05, 0) is 30.7 Å². The maximum Gasteiger partial charge on any atom is 0.147 e. The number of nitrogens with zero attached hydrogens (tertiary/aromatic N) is 1. The fraction of sp³-hybridized carbons (Fsp3) is 0.667. The lowest BCUT2D eigenvalue weighted by Gasteiger charge is -2.33. The van der Waals surface area contributed by atoms with Crippen LogP contribution in [0.2, 0.25) is 10.0 Å². The molecule has 0 spiro atoms. The van der Waals surface area contributed by atoms with Gasteiger partial charge in [-0.25, -0.2) is 4.98 Å². The van der Waals surface area contributed by atoms with E-state index in [2.05, 4.69) is 29.5 Å². The number of ether oxygens (including phenoxy) is 1. The minimum absolute atomic E-state index is 0.222. The van der Waals surface area contributed by atoms with Crippen molar-refractivity contribution in [1.29, 1.82) is 0 Å². The zero-order chi connectivity index (χ0) is 15.3. The number of nitrogens with one attached hydrogen (secondary N) is 2. The molecule has 0 aliphatic carbocycles. The van der Waals surface area contributed by atoms with E-state index in [0.29, 0.717) is 21.7 Å². The van der Waals surface area contributed by atoms with Gasteiger partial charge >= 0.3 is 0 Å². The van der Waals surface area contributed by atoms with Gasteiger partial charge in [-0.3, -0.25) is 0 Å². The van der Waals surface area contributed by atoms with Gasteiger partial charge in [-0.2, -0.15) is 0 Å². The van der Waals surface area contributed by atoms with Crippen molar-refractivity contribution >= 4 is 34.8 Å². The maximum atomic E-state index is 6.24. The molecule has 0 saturated carbocycles. The van der Waals surface area contributed by atoms with Gasteiger partial charge in [0.1, 0.15) is 11.6 Å². The molecule has 0 bridgehead atoms. The summed E-state index contributed by atoms with van der Waals surface area (Å²) in [4.78, 5) is 4.51. The number of hydrogen-bond donors (Lipinski definition) is 2. The van der Waals surface area contributed by atoms with Gasteiger partial charge in [0, 0.05) is 26.3 Å². The molecule has 1 aliphatic rings. The van der Waals surface area contributed by atoms with E-state index in [1.807, 2.05) is 0 Å². The van der Waals surface area contributed by atoms with Crippen LogP contribution in [0.15, 0.2) is 6.07 Å². The molecule has 2 N–H and O–H groups in total. The third-order valence-electron chi connectivity index (χ3n) is 3.85. The Labute approximate surface area is 136 Å². The molecule has 0 unspecified atom stereocenters. The SMILES string of the molecule is CCCNc1nc(NCC2(C)CCOCC2)c(Cl)cc1Cl. The van der Waals surface area contributed by atoms with Crippen LogP contribution in [-0.2, 0) is 4.74 Å². The summed E-state index contributed by atoms with van der Waals surface area (Å²) >= 11 is 12.4. The van der Waals surface area contributed by atoms with E-state index >= 15 is 0 Å². The molecule has 1 fully saturated rings. The van der Waals surface area contributed by atoms with Crippen molar-refractivity contribution in [2.45, 2.75) is 33.1 Å². The maximum absolute atomic E-state index is 6.24. The summed E-state index contributed by atoms with van der Waals surface area (Å²) < 4.78 is 5.42. The van der Waals surface area contributed by atoms with Crippen molar-refractivity contribution in [3.05, 3.63) is 16.1 Å². The van der Waals surface area contributed by atoms with Crippen molar-refractivity contribution in [3.63, 3.8) is 0 Å². The third-order valence-corrected chi connectivity index (χ3v) is 4.43. The van der Waals surface area contributed by atoms with E-state index in [9.17, 15) is 0 Å². The molecule has 118 valence electrons. The summed E-state index contributed by atoms with van der Waals surface area (Å²) in [5.41, 5.74) is 0.222. The Bertz CT molecular complexity index is 476. The molecule has 0 amide bonds. The Hall–Kier alpha value is -0.710. The van der Waals surface area contributed by atoms with E-state index in [4.69, 9.17) is 27.9 Å².